The van der Waals surface area contributed by atoms with E-state index < -0.39 is 0 Å². The summed E-state index contributed by atoms with van der Waals surface area (Å²) in [6, 6.07) is 1.96. The monoisotopic (exact) mass is 335 g/mol. The first kappa shape index (κ1) is 17.5. The minimum Gasteiger partial charge on any atom is -0.359 e. The first-order chi connectivity index (χ1) is 11.0. The Morgan fingerprint density at radius 2 is 2.13 bits per heavy atom. The Hall–Kier alpha value is -1.89. The van der Waals surface area contributed by atoms with Crippen molar-refractivity contribution in [1.29, 1.82) is 0 Å². The highest BCUT2D eigenvalue weighted by Gasteiger charge is 2.08. The summed E-state index contributed by atoms with van der Waals surface area (Å²) < 4.78 is 5.31. The van der Waals surface area contributed by atoms with Crippen molar-refractivity contribution in [2.75, 3.05) is 6.54 Å². The van der Waals surface area contributed by atoms with Crippen molar-refractivity contribution in [3.8, 4) is 0 Å². The van der Waals surface area contributed by atoms with Crippen LogP contribution in [0.2, 0.25) is 0 Å². The number of nitrogens with zero attached hydrogens (tertiary/aromatic N) is 3. The van der Waals surface area contributed by atoms with E-state index >= 15 is 0 Å². The van der Waals surface area contributed by atoms with E-state index in [9.17, 15) is 0 Å². The van der Waals surface area contributed by atoms with Gasteiger partial charge in [-0.1, -0.05) is 19.0 Å². The van der Waals surface area contributed by atoms with Gasteiger partial charge in [-0.05, 0) is 26.7 Å². The van der Waals surface area contributed by atoms with Crippen LogP contribution in [0.5, 0.6) is 0 Å². The van der Waals surface area contributed by atoms with Gasteiger partial charge in [0.2, 0.25) is 0 Å². The average molecular weight is 335 g/mol. The third kappa shape index (κ3) is 5.06. The maximum atomic E-state index is 5.31. The molecule has 2 N–H and O–H groups in total. The van der Waals surface area contributed by atoms with Crippen LogP contribution in [0.1, 0.15) is 53.7 Å². The van der Waals surface area contributed by atoms with Gasteiger partial charge in [0, 0.05) is 17.5 Å². The van der Waals surface area contributed by atoms with E-state index in [1.807, 2.05) is 19.9 Å². The molecule has 0 aliphatic rings. The summed E-state index contributed by atoms with van der Waals surface area (Å²) in [5, 5.41) is 11.6. The van der Waals surface area contributed by atoms with Crippen molar-refractivity contribution in [2.24, 2.45) is 4.99 Å². The zero-order valence-electron chi connectivity index (χ0n) is 14.4. The first-order valence-corrected chi connectivity index (χ1v) is 8.71. The third-order valence-electron chi connectivity index (χ3n) is 3.39. The molecule has 0 unspecified atom stereocenters. The summed E-state index contributed by atoms with van der Waals surface area (Å²) in [7, 11) is 0. The summed E-state index contributed by atoms with van der Waals surface area (Å²) in [5.41, 5.74) is 2.05. The van der Waals surface area contributed by atoms with Crippen molar-refractivity contribution < 1.29 is 4.52 Å². The van der Waals surface area contributed by atoms with Crippen molar-refractivity contribution in [2.45, 2.75) is 53.6 Å². The van der Waals surface area contributed by atoms with Gasteiger partial charge in [0.15, 0.2) is 11.7 Å². The molecule has 2 aromatic heterocycles. The molecular weight excluding hydrogens is 310 g/mol. The summed E-state index contributed by atoms with van der Waals surface area (Å²) in [6.45, 7) is 12.3. The Morgan fingerprint density at radius 1 is 1.35 bits per heavy atom. The Balaban J connectivity index is 1.96. The molecule has 126 valence electrons. The lowest BCUT2D eigenvalue weighted by Crippen LogP contribution is -2.36. The number of aryl methyl sites for hydroxylation is 2. The normalized spacial score (nSPS) is 12.0. The van der Waals surface area contributed by atoms with Gasteiger partial charge in [0.1, 0.15) is 11.6 Å². The van der Waals surface area contributed by atoms with Crippen molar-refractivity contribution in [1.82, 2.24) is 20.8 Å². The topological polar surface area (TPSA) is 75.3 Å². The second-order valence-corrected chi connectivity index (χ2v) is 6.96. The van der Waals surface area contributed by atoms with Gasteiger partial charge in [-0.25, -0.2) is 9.98 Å². The van der Waals surface area contributed by atoms with Gasteiger partial charge < -0.3 is 15.2 Å². The lowest BCUT2D eigenvalue weighted by molar-refractivity contribution is 0.376. The number of aromatic nitrogens is 2. The number of hydrogen-bond donors (Lipinski definition) is 2. The molecule has 0 saturated heterocycles. The standard InChI is InChI=1S/C16H25N5OS/c1-6-17-16(19-9-15-20-11(4)12(5)23-15)18-8-13-7-14(10(2)3)21-22-13/h7,10H,6,8-9H2,1-5H3,(H2,17,18,19). The van der Waals surface area contributed by atoms with E-state index in [0.29, 0.717) is 19.0 Å². The van der Waals surface area contributed by atoms with Crippen molar-refractivity contribution >= 4 is 17.3 Å². The molecule has 0 saturated carbocycles. The maximum absolute atomic E-state index is 5.31. The second-order valence-electron chi connectivity index (χ2n) is 5.67. The maximum Gasteiger partial charge on any atom is 0.192 e. The van der Waals surface area contributed by atoms with E-state index in [1.54, 1.807) is 11.3 Å². The Bertz CT molecular complexity index is 640. The Morgan fingerprint density at radius 3 is 2.70 bits per heavy atom. The molecule has 0 spiro atoms. The highest BCUT2D eigenvalue weighted by molar-refractivity contribution is 7.11. The van der Waals surface area contributed by atoms with Gasteiger partial charge in [-0.15, -0.1) is 11.3 Å². The van der Waals surface area contributed by atoms with Crippen LogP contribution in [0.3, 0.4) is 0 Å². The van der Waals surface area contributed by atoms with Crippen LogP contribution in [0.15, 0.2) is 15.6 Å². The number of rotatable bonds is 6. The molecule has 0 aliphatic heterocycles. The van der Waals surface area contributed by atoms with Crippen LogP contribution in [-0.4, -0.2) is 22.6 Å². The van der Waals surface area contributed by atoms with Gasteiger partial charge in [-0.3, -0.25) is 0 Å². The molecule has 23 heavy (non-hydrogen) atoms. The molecule has 0 amide bonds. The largest absolute Gasteiger partial charge is 0.359 e. The van der Waals surface area contributed by atoms with E-state index in [0.717, 1.165) is 34.7 Å². The Labute approximate surface area is 141 Å². The fourth-order valence-corrected chi connectivity index (χ4v) is 2.82. The molecular formula is C16H25N5OS. The van der Waals surface area contributed by atoms with E-state index in [4.69, 9.17) is 4.52 Å². The fraction of sp³-hybridized carbons (Fsp3) is 0.562. The predicted molar refractivity (Wildman–Crippen MR) is 93.8 cm³/mol. The molecule has 0 aromatic carbocycles. The minimum atomic E-state index is 0.360. The molecule has 0 bridgehead atoms. The molecule has 0 radical (unpaired) electrons. The number of aliphatic imine (C=N–C) groups is 1. The number of guanidine groups is 1. The number of nitrogens with one attached hydrogen (secondary N) is 2. The zero-order chi connectivity index (χ0) is 16.8. The molecule has 6 nitrogen and oxygen atoms in total. The molecule has 0 fully saturated rings. The highest BCUT2D eigenvalue weighted by atomic mass is 32.1. The minimum absolute atomic E-state index is 0.360. The van der Waals surface area contributed by atoms with Gasteiger partial charge in [0.05, 0.1) is 17.9 Å². The molecule has 0 aliphatic carbocycles. The molecule has 2 aromatic rings. The SMILES string of the molecule is CCNC(=NCc1cc(C(C)C)no1)NCc1nc(C)c(C)s1. The number of thiazole rings is 1. The highest BCUT2D eigenvalue weighted by Crippen LogP contribution is 2.16. The van der Waals surface area contributed by atoms with Gasteiger partial charge >= 0.3 is 0 Å². The lowest BCUT2D eigenvalue weighted by atomic mass is 10.1. The molecule has 7 heteroatoms. The zero-order valence-corrected chi connectivity index (χ0v) is 15.3. The number of hydrogen-bond acceptors (Lipinski definition) is 5. The Kier molecular flexibility index (Phi) is 6.15. The fourth-order valence-electron chi connectivity index (χ4n) is 1.95. The summed E-state index contributed by atoms with van der Waals surface area (Å²) >= 11 is 1.71. The van der Waals surface area contributed by atoms with Gasteiger partial charge in [0.25, 0.3) is 0 Å². The van der Waals surface area contributed by atoms with Crippen LogP contribution in [0.25, 0.3) is 0 Å². The molecule has 2 rings (SSSR count). The molecule has 2 heterocycles. The van der Waals surface area contributed by atoms with Crippen LogP contribution in [0, 0.1) is 13.8 Å². The smallest absolute Gasteiger partial charge is 0.192 e. The van der Waals surface area contributed by atoms with Crippen LogP contribution in [-0.2, 0) is 13.1 Å². The van der Waals surface area contributed by atoms with Crippen LogP contribution in [0.4, 0.5) is 0 Å². The van der Waals surface area contributed by atoms with Crippen molar-refractivity contribution in [3.05, 3.63) is 33.1 Å². The summed E-state index contributed by atoms with van der Waals surface area (Å²) in [6.07, 6.45) is 0. The first-order valence-electron chi connectivity index (χ1n) is 7.90. The summed E-state index contributed by atoms with van der Waals surface area (Å²) in [4.78, 5) is 10.3. The van der Waals surface area contributed by atoms with Crippen LogP contribution < -0.4 is 10.6 Å². The van der Waals surface area contributed by atoms with Gasteiger partial charge in [-0.2, -0.15) is 0 Å². The second kappa shape index (κ2) is 8.10. The van der Waals surface area contributed by atoms with E-state index in [2.05, 4.69) is 46.5 Å². The third-order valence-corrected chi connectivity index (χ3v) is 4.46. The predicted octanol–water partition coefficient (Wildman–Crippen LogP) is 3.13. The summed E-state index contributed by atoms with van der Waals surface area (Å²) in [5.74, 6) is 1.88. The van der Waals surface area contributed by atoms with Crippen molar-refractivity contribution in [3.63, 3.8) is 0 Å². The molecule has 0 atom stereocenters. The quantitative estimate of drug-likeness (QED) is 0.626. The van der Waals surface area contributed by atoms with E-state index in [-0.39, 0.29) is 0 Å². The van der Waals surface area contributed by atoms with Crippen LogP contribution >= 0.6 is 11.3 Å². The average Bonchev–Trinajstić information content (AvgIpc) is 3.10. The lowest BCUT2D eigenvalue weighted by Gasteiger charge is -2.09. The van der Waals surface area contributed by atoms with E-state index in [1.165, 1.54) is 4.88 Å².